The topological polar surface area (TPSA) is 79.0 Å². The Morgan fingerprint density at radius 1 is 1.24 bits per heavy atom. The zero-order chi connectivity index (χ0) is 26.9. The van der Waals surface area contributed by atoms with Gasteiger partial charge in [0.2, 0.25) is 5.91 Å². The molecule has 1 unspecified atom stereocenters. The number of benzene rings is 2. The van der Waals surface area contributed by atoms with Crippen molar-refractivity contribution in [3.05, 3.63) is 58.2 Å². The summed E-state index contributed by atoms with van der Waals surface area (Å²) in [5.41, 5.74) is 3.40. The van der Waals surface area contributed by atoms with E-state index in [9.17, 15) is 18.8 Å². The molecule has 9 heteroatoms. The van der Waals surface area contributed by atoms with Gasteiger partial charge in [-0.15, -0.1) is 0 Å². The molecule has 2 aliphatic heterocycles. The number of ether oxygens (including phenoxy) is 1. The Kier molecular flexibility index (Phi) is 7.64. The number of nitrogens with one attached hydrogen (secondary N) is 1. The van der Waals surface area contributed by atoms with Crippen LogP contribution in [0.25, 0.3) is 6.08 Å². The Bertz CT molecular complexity index is 1260. The second-order valence-corrected chi connectivity index (χ2v) is 11.0. The summed E-state index contributed by atoms with van der Waals surface area (Å²) in [6.45, 7) is 9.37. The fourth-order valence-electron chi connectivity index (χ4n) is 5.12. The molecule has 4 rings (SSSR count). The van der Waals surface area contributed by atoms with Crippen molar-refractivity contribution in [2.45, 2.75) is 52.0 Å². The minimum atomic E-state index is -0.547. The maximum absolute atomic E-state index is 13.1. The van der Waals surface area contributed by atoms with E-state index >= 15 is 0 Å². The number of nitrogens with zero attached hydrogens (tertiary/aromatic N) is 2. The summed E-state index contributed by atoms with van der Waals surface area (Å²) in [6.07, 6.45) is 3.67. The Hall–Kier alpha value is -3.33. The standard InChI is InChI=1S/C28H32FN3O4S/c1-6-11-32-22-14-23(36-5)18(12-21(22)17(2)15-28(32,3)4)13-24-26(34)31(27(35)37-24)16-25(33)30-20-9-7-19(29)8-10-20/h7-10,12-14,17H,6,11,15-16H2,1-5H3,(H,30,33)/b24-13+. The molecule has 0 radical (unpaired) electrons. The van der Waals surface area contributed by atoms with Crippen molar-refractivity contribution in [3.63, 3.8) is 0 Å². The molecule has 37 heavy (non-hydrogen) atoms. The van der Waals surface area contributed by atoms with E-state index in [1.54, 1.807) is 13.2 Å². The van der Waals surface area contributed by atoms with Crippen LogP contribution in [-0.2, 0) is 9.59 Å². The van der Waals surface area contributed by atoms with Gasteiger partial charge in [-0.2, -0.15) is 0 Å². The van der Waals surface area contributed by atoms with Gasteiger partial charge in [-0.3, -0.25) is 19.3 Å². The van der Waals surface area contributed by atoms with Crippen LogP contribution < -0.4 is 15.0 Å². The lowest BCUT2D eigenvalue weighted by atomic mass is 9.79. The molecule has 1 fully saturated rings. The third kappa shape index (κ3) is 5.51. The number of amides is 3. The predicted octanol–water partition coefficient (Wildman–Crippen LogP) is 6.01. The van der Waals surface area contributed by atoms with E-state index in [4.69, 9.17) is 4.74 Å². The van der Waals surface area contributed by atoms with Crippen molar-refractivity contribution < 1.29 is 23.5 Å². The Morgan fingerprint density at radius 3 is 2.59 bits per heavy atom. The summed E-state index contributed by atoms with van der Waals surface area (Å²) in [6, 6.07) is 9.32. The highest BCUT2D eigenvalue weighted by Crippen LogP contribution is 2.46. The third-order valence-corrected chi connectivity index (χ3v) is 7.68. The number of fused-ring (bicyclic) bond motifs is 1. The zero-order valence-corrected chi connectivity index (χ0v) is 22.6. The number of hydrogen-bond acceptors (Lipinski definition) is 6. The lowest BCUT2D eigenvalue weighted by Gasteiger charge is -2.47. The zero-order valence-electron chi connectivity index (χ0n) is 21.8. The molecule has 2 aliphatic rings. The predicted molar refractivity (Wildman–Crippen MR) is 145 cm³/mol. The Labute approximate surface area is 221 Å². The van der Waals surface area contributed by atoms with Crippen LogP contribution >= 0.6 is 11.8 Å². The minimum Gasteiger partial charge on any atom is -0.496 e. The first-order valence-corrected chi connectivity index (χ1v) is 13.2. The lowest BCUT2D eigenvalue weighted by molar-refractivity contribution is -0.127. The molecule has 196 valence electrons. The van der Waals surface area contributed by atoms with E-state index in [-0.39, 0.29) is 10.4 Å². The molecule has 2 heterocycles. The normalized spacial score (nSPS) is 19.8. The van der Waals surface area contributed by atoms with Crippen LogP contribution in [0.15, 0.2) is 41.3 Å². The van der Waals surface area contributed by atoms with Gasteiger partial charge >= 0.3 is 0 Å². The summed E-state index contributed by atoms with van der Waals surface area (Å²) in [4.78, 5) is 41.7. The number of thioether (sulfide) groups is 1. The molecule has 1 atom stereocenters. The molecule has 0 saturated carbocycles. The molecule has 1 N–H and O–H groups in total. The number of carbonyl (C=O) groups excluding carboxylic acids is 3. The molecule has 0 aliphatic carbocycles. The van der Waals surface area contributed by atoms with Crippen LogP contribution in [0.1, 0.15) is 57.6 Å². The van der Waals surface area contributed by atoms with Crippen molar-refractivity contribution in [1.29, 1.82) is 0 Å². The monoisotopic (exact) mass is 525 g/mol. The van der Waals surface area contributed by atoms with E-state index < -0.39 is 29.4 Å². The van der Waals surface area contributed by atoms with E-state index in [0.717, 1.165) is 41.7 Å². The molecular weight excluding hydrogens is 493 g/mol. The van der Waals surface area contributed by atoms with Gasteiger partial charge in [0.15, 0.2) is 0 Å². The van der Waals surface area contributed by atoms with Gasteiger partial charge in [-0.1, -0.05) is 13.8 Å². The average Bonchev–Trinajstić information content (AvgIpc) is 3.10. The first-order valence-electron chi connectivity index (χ1n) is 12.3. The lowest BCUT2D eigenvalue weighted by Crippen LogP contribution is -2.48. The van der Waals surface area contributed by atoms with Gasteiger partial charge in [0.05, 0.1) is 12.0 Å². The van der Waals surface area contributed by atoms with Crippen molar-refractivity contribution in [2.75, 3.05) is 30.4 Å². The highest BCUT2D eigenvalue weighted by Gasteiger charge is 2.38. The maximum atomic E-state index is 13.1. The van der Waals surface area contributed by atoms with Gasteiger partial charge in [0.1, 0.15) is 18.1 Å². The molecule has 2 aromatic rings. The number of halogens is 1. The van der Waals surface area contributed by atoms with Crippen LogP contribution in [0.5, 0.6) is 5.75 Å². The minimum absolute atomic E-state index is 0.00605. The Morgan fingerprint density at radius 2 is 1.95 bits per heavy atom. The van der Waals surface area contributed by atoms with E-state index in [1.165, 1.54) is 29.8 Å². The van der Waals surface area contributed by atoms with E-state index in [0.29, 0.717) is 22.9 Å². The summed E-state index contributed by atoms with van der Waals surface area (Å²) in [5, 5.41) is 2.05. The number of imide groups is 1. The molecule has 0 aromatic heterocycles. The smallest absolute Gasteiger partial charge is 0.294 e. The SMILES string of the molecule is CCCN1c2cc(OC)c(/C=C3/SC(=O)N(CC(=O)Nc4ccc(F)cc4)C3=O)cc2C(C)CC1(C)C. The fourth-order valence-corrected chi connectivity index (χ4v) is 5.95. The molecule has 0 spiro atoms. The Balaban J connectivity index is 1.59. The summed E-state index contributed by atoms with van der Waals surface area (Å²) >= 11 is 0.796. The molecule has 1 saturated heterocycles. The van der Waals surface area contributed by atoms with Crippen LogP contribution in [0.4, 0.5) is 20.6 Å². The second-order valence-electron chi connectivity index (χ2n) is 10.0. The largest absolute Gasteiger partial charge is 0.496 e. The van der Waals surface area contributed by atoms with Crippen LogP contribution in [-0.4, -0.2) is 47.7 Å². The molecule has 0 bridgehead atoms. The molecular formula is C28H32FN3O4S. The van der Waals surface area contributed by atoms with Crippen molar-refractivity contribution in [1.82, 2.24) is 4.90 Å². The van der Waals surface area contributed by atoms with Gasteiger partial charge in [-0.25, -0.2) is 4.39 Å². The summed E-state index contributed by atoms with van der Waals surface area (Å²) in [7, 11) is 1.59. The third-order valence-electron chi connectivity index (χ3n) is 6.77. The van der Waals surface area contributed by atoms with Gasteiger partial charge < -0.3 is 15.0 Å². The quantitative estimate of drug-likeness (QED) is 0.446. The number of anilines is 2. The van der Waals surface area contributed by atoms with Crippen molar-refractivity contribution >= 4 is 46.3 Å². The number of methoxy groups -OCH3 is 1. The first-order chi connectivity index (χ1) is 17.5. The maximum Gasteiger partial charge on any atom is 0.294 e. The highest BCUT2D eigenvalue weighted by atomic mass is 32.2. The second kappa shape index (κ2) is 10.6. The molecule has 3 amide bonds. The van der Waals surface area contributed by atoms with Crippen LogP contribution in [0.3, 0.4) is 0 Å². The van der Waals surface area contributed by atoms with Crippen molar-refractivity contribution in [2.24, 2.45) is 0 Å². The van der Waals surface area contributed by atoms with E-state index in [1.807, 2.05) is 12.1 Å². The average molecular weight is 526 g/mol. The summed E-state index contributed by atoms with van der Waals surface area (Å²) < 4.78 is 18.8. The van der Waals surface area contributed by atoms with Gasteiger partial charge in [0.25, 0.3) is 11.1 Å². The fraction of sp³-hybridized carbons (Fsp3) is 0.393. The first kappa shape index (κ1) is 26.7. The van der Waals surface area contributed by atoms with E-state index in [2.05, 4.69) is 37.9 Å². The highest BCUT2D eigenvalue weighted by molar-refractivity contribution is 8.18. The number of carbonyl (C=O) groups is 3. The number of hydrogen-bond donors (Lipinski definition) is 1. The molecule has 7 nitrogen and oxygen atoms in total. The summed E-state index contributed by atoms with van der Waals surface area (Å²) in [5.74, 6) is -0.588. The van der Waals surface area contributed by atoms with Crippen LogP contribution in [0, 0.1) is 5.82 Å². The number of rotatable bonds is 7. The van der Waals surface area contributed by atoms with Gasteiger partial charge in [0, 0.05) is 35.1 Å². The van der Waals surface area contributed by atoms with Crippen molar-refractivity contribution in [3.8, 4) is 5.75 Å². The molecule has 2 aromatic carbocycles. The van der Waals surface area contributed by atoms with Crippen LogP contribution in [0.2, 0.25) is 0 Å². The van der Waals surface area contributed by atoms with Gasteiger partial charge in [-0.05, 0) is 86.3 Å².